The summed E-state index contributed by atoms with van der Waals surface area (Å²) in [6.45, 7) is 13.1. The summed E-state index contributed by atoms with van der Waals surface area (Å²) in [6.07, 6.45) is 2.87. The Labute approximate surface area is 128 Å². The fourth-order valence-corrected chi connectivity index (χ4v) is 2.10. The van der Waals surface area contributed by atoms with E-state index >= 15 is 0 Å². The molecule has 0 aliphatic carbocycles. The summed E-state index contributed by atoms with van der Waals surface area (Å²) < 4.78 is 5.38. The number of nitrogens with one attached hydrogen (secondary N) is 2. The van der Waals surface area contributed by atoms with E-state index in [1.807, 2.05) is 0 Å². The van der Waals surface area contributed by atoms with Crippen molar-refractivity contribution in [1.29, 1.82) is 0 Å². The number of aliphatic imine (C=N–C) groups is 1. The smallest absolute Gasteiger partial charge is 0.191 e. The maximum absolute atomic E-state index is 5.38. The molecule has 0 aliphatic heterocycles. The van der Waals surface area contributed by atoms with Gasteiger partial charge in [-0.25, -0.2) is 4.99 Å². The van der Waals surface area contributed by atoms with E-state index in [0.717, 1.165) is 55.3 Å². The molecular weight excluding hydrogens is 264 g/mol. The molecule has 0 unspecified atom stereocenters. The minimum Gasteiger partial charge on any atom is -0.361 e. The molecule has 5 nitrogen and oxygen atoms in total. The van der Waals surface area contributed by atoms with E-state index in [2.05, 4.69) is 55.4 Å². The molecule has 0 spiro atoms. The number of aromatic nitrogens is 1. The third-order valence-corrected chi connectivity index (χ3v) is 3.36. The van der Waals surface area contributed by atoms with Crippen LogP contribution in [0.25, 0.3) is 0 Å². The number of guanidine groups is 1. The minimum absolute atomic E-state index is 0.618. The Morgan fingerprint density at radius 1 is 1.19 bits per heavy atom. The number of rotatable bonds is 8. The molecule has 0 saturated carbocycles. The zero-order chi connectivity index (χ0) is 15.7. The lowest BCUT2D eigenvalue weighted by molar-refractivity contribution is 0.380. The van der Waals surface area contributed by atoms with Gasteiger partial charge in [-0.2, -0.15) is 0 Å². The lowest BCUT2D eigenvalue weighted by atomic mass is 10.1. The monoisotopic (exact) mass is 294 g/mol. The molecule has 1 heterocycles. The summed E-state index contributed by atoms with van der Waals surface area (Å²) in [5.41, 5.74) is 2.16. The molecule has 0 atom stereocenters. The van der Waals surface area contributed by atoms with Crippen LogP contribution in [-0.4, -0.2) is 24.2 Å². The normalized spacial score (nSPS) is 12.0. The second kappa shape index (κ2) is 9.42. The molecule has 0 fully saturated rings. The Morgan fingerprint density at radius 3 is 2.52 bits per heavy atom. The van der Waals surface area contributed by atoms with Gasteiger partial charge in [0.1, 0.15) is 5.76 Å². The highest BCUT2D eigenvalue weighted by atomic mass is 16.5. The Hall–Kier alpha value is -1.52. The second-order valence-electron chi connectivity index (χ2n) is 5.54. The largest absolute Gasteiger partial charge is 0.361 e. The number of hydrogen-bond donors (Lipinski definition) is 2. The van der Waals surface area contributed by atoms with Gasteiger partial charge in [0, 0.05) is 25.1 Å². The van der Waals surface area contributed by atoms with E-state index < -0.39 is 0 Å². The highest BCUT2D eigenvalue weighted by molar-refractivity contribution is 5.79. The van der Waals surface area contributed by atoms with Gasteiger partial charge in [-0.15, -0.1) is 0 Å². The SMILES string of the molecule is CCNC(=NCc1c(CC)noc1CC)NCCC(C)C. The van der Waals surface area contributed by atoms with Gasteiger partial charge < -0.3 is 15.2 Å². The van der Waals surface area contributed by atoms with Crippen molar-refractivity contribution in [3.05, 3.63) is 17.0 Å². The third-order valence-electron chi connectivity index (χ3n) is 3.36. The quantitative estimate of drug-likeness (QED) is 0.571. The first kappa shape index (κ1) is 17.5. The highest BCUT2D eigenvalue weighted by Crippen LogP contribution is 2.16. The van der Waals surface area contributed by atoms with Gasteiger partial charge in [0.2, 0.25) is 0 Å². The van der Waals surface area contributed by atoms with Gasteiger partial charge in [-0.05, 0) is 25.7 Å². The average molecular weight is 294 g/mol. The standard InChI is InChI=1S/C16H30N4O/c1-6-14-13(15(7-2)21-20-14)11-19-16(17-8-3)18-10-9-12(4)5/h12H,6-11H2,1-5H3,(H2,17,18,19). The minimum atomic E-state index is 0.618. The second-order valence-corrected chi connectivity index (χ2v) is 5.54. The molecule has 0 bridgehead atoms. The summed E-state index contributed by atoms with van der Waals surface area (Å²) in [5, 5.41) is 10.8. The molecule has 1 aromatic heterocycles. The lowest BCUT2D eigenvalue weighted by Crippen LogP contribution is -2.38. The summed E-state index contributed by atoms with van der Waals surface area (Å²) in [6, 6.07) is 0. The first-order valence-electron chi connectivity index (χ1n) is 8.10. The van der Waals surface area contributed by atoms with Crippen molar-refractivity contribution < 1.29 is 4.52 Å². The van der Waals surface area contributed by atoms with Crippen LogP contribution in [-0.2, 0) is 19.4 Å². The summed E-state index contributed by atoms with van der Waals surface area (Å²) in [7, 11) is 0. The van der Waals surface area contributed by atoms with E-state index in [1.54, 1.807) is 0 Å². The van der Waals surface area contributed by atoms with Crippen molar-refractivity contribution in [3.8, 4) is 0 Å². The van der Waals surface area contributed by atoms with E-state index in [9.17, 15) is 0 Å². The van der Waals surface area contributed by atoms with Gasteiger partial charge in [0.25, 0.3) is 0 Å². The van der Waals surface area contributed by atoms with Crippen LogP contribution in [0.2, 0.25) is 0 Å². The van der Waals surface area contributed by atoms with Crippen molar-refractivity contribution in [2.24, 2.45) is 10.9 Å². The third kappa shape index (κ3) is 5.78. The number of aryl methyl sites for hydroxylation is 2. The predicted molar refractivity (Wildman–Crippen MR) is 87.5 cm³/mol. The van der Waals surface area contributed by atoms with E-state index in [-0.39, 0.29) is 0 Å². The summed E-state index contributed by atoms with van der Waals surface area (Å²) in [4.78, 5) is 4.66. The van der Waals surface area contributed by atoms with Crippen molar-refractivity contribution in [3.63, 3.8) is 0 Å². The van der Waals surface area contributed by atoms with Gasteiger partial charge in [-0.3, -0.25) is 0 Å². The molecule has 21 heavy (non-hydrogen) atoms. The first-order chi connectivity index (χ1) is 10.1. The molecule has 120 valence electrons. The molecule has 0 amide bonds. The topological polar surface area (TPSA) is 62.5 Å². The van der Waals surface area contributed by atoms with E-state index in [0.29, 0.717) is 12.5 Å². The lowest BCUT2D eigenvalue weighted by Gasteiger charge is -2.12. The maximum Gasteiger partial charge on any atom is 0.191 e. The average Bonchev–Trinajstić information content (AvgIpc) is 2.86. The molecule has 0 saturated heterocycles. The zero-order valence-electron chi connectivity index (χ0n) is 14.1. The van der Waals surface area contributed by atoms with Crippen LogP contribution in [0.3, 0.4) is 0 Å². The molecule has 0 aliphatic rings. The van der Waals surface area contributed by atoms with E-state index in [1.165, 1.54) is 0 Å². The molecule has 0 radical (unpaired) electrons. The first-order valence-corrected chi connectivity index (χ1v) is 8.10. The van der Waals surface area contributed by atoms with Gasteiger partial charge >= 0.3 is 0 Å². The molecule has 5 heteroatoms. The van der Waals surface area contributed by atoms with Crippen LogP contribution in [0.15, 0.2) is 9.52 Å². The van der Waals surface area contributed by atoms with Gasteiger partial charge in [0.15, 0.2) is 5.96 Å². The maximum atomic E-state index is 5.38. The molecule has 1 rings (SSSR count). The molecule has 0 aromatic carbocycles. The summed E-state index contributed by atoms with van der Waals surface area (Å²) >= 11 is 0. The van der Waals surface area contributed by atoms with E-state index in [4.69, 9.17) is 4.52 Å². The molecule has 1 aromatic rings. The Balaban J connectivity index is 2.70. The zero-order valence-corrected chi connectivity index (χ0v) is 14.1. The Bertz CT molecular complexity index is 416. The van der Waals surface area contributed by atoms with Crippen molar-refractivity contribution >= 4 is 5.96 Å². The van der Waals surface area contributed by atoms with Crippen LogP contribution >= 0.6 is 0 Å². The van der Waals surface area contributed by atoms with Crippen molar-refractivity contribution in [1.82, 2.24) is 15.8 Å². The van der Waals surface area contributed by atoms with Crippen LogP contribution in [0, 0.1) is 5.92 Å². The van der Waals surface area contributed by atoms with Crippen molar-refractivity contribution in [2.45, 2.75) is 60.4 Å². The fourth-order valence-electron chi connectivity index (χ4n) is 2.10. The molecule has 2 N–H and O–H groups in total. The van der Waals surface area contributed by atoms with Crippen LogP contribution in [0.4, 0.5) is 0 Å². The Morgan fingerprint density at radius 2 is 1.95 bits per heavy atom. The predicted octanol–water partition coefficient (Wildman–Crippen LogP) is 2.90. The fraction of sp³-hybridized carbons (Fsp3) is 0.750. The van der Waals surface area contributed by atoms with Gasteiger partial charge in [0.05, 0.1) is 12.2 Å². The summed E-state index contributed by atoms with van der Waals surface area (Å²) in [5.74, 6) is 2.51. The van der Waals surface area contributed by atoms with Gasteiger partial charge in [-0.1, -0.05) is 32.9 Å². The highest BCUT2D eigenvalue weighted by Gasteiger charge is 2.12. The van der Waals surface area contributed by atoms with Crippen molar-refractivity contribution in [2.75, 3.05) is 13.1 Å². The van der Waals surface area contributed by atoms with Crippen LogP contribution < -0.4 is 10.6 Å². The number of nitrogens with zero attached hydrogens (tertiary/aromatic N) is 2. The number of hydrogen-bond acceptors (Lipinski definition) is 3. The van der Waals surface area contributed by atoms with Crippen LogP contribution in [0.1, 0.15) is 58.1 Å². The van der Waals surface area contributed by atoms with Crippen LogP contribution in [0.5, 0.6) is 0 Å². The Kier molecular flexibility index (Phi) is 7.87. The molecular formula is C16H30N4O.